The van der Waals surface area contributed by atoms with E-state index in [1.165, 1.54) is 12.4 Å². The van der Waals surface area contributed by atoms with Crippen LogP contribution in [0.2, 0.25) is 0 Å². The predicted molar refractivity (Wildman–Crippen MR) is 105 cm³/mol. The highest BCUT2D eigenvalue weighted by Gasteiger charge is 2.31. The fourth-order valence-electron chi connectivity index (χ4n) is 3.48. The molecule has 1 fully saturated rings. The van der Waals surface area contributed by atoms with Gasteiger partial charge in [-0.3, -0.25) is 4.79 Å². The summed E-state index contributed by atoms with van der Waals surface area (Å²) in [4.78, 5) is 20.3. The molecule has 0 saturated carbocycles. The number of piperazine rings is 1. The van der Waals surface area contributed by atoms with Crippen LogP contribution in [-0.4, -0.2) is 51.8 Å². The normalized spacial score (nSPS) is 14.8. The lowest BCUT2D eigenvalue weighted by Crippen LogP contribution is -2.48. The van der Waals surface area contributed by atoms with E-state index < -0.39 is 11.7 Å². The van der Waals surface area contributed by atoms with E-state index in [0.717, 1.165) is 17.7 Å². The first-order chi connectivity index (χ1) is 14.4. The van der Waals surface area contributed by atoms with Crippen LogP contribution < -0.4 is 4.90 Å². The summed E-state index contributed by atoms with van der Waals surface area (Å²) in [6.45, 7) is 2.45. The predicted octanol–water partition coefficient (Wildman–Crippen LogP) is 3.31. The number of aromatic nitrogens is 3. The first-order valence-electron chi connectivity index (χ1n) is 9.53. The second-order valence-electron chi connectivity index (χ2n) is 7.12. The van der Waals surface area contributed by atoms with Gasteiger partial charge < -0.3 is 9.80 Å². The molecule has 0 unspecified atom stereocenters. The van der Waals surface area contributed by atoms with Crippen LogP contribution in [0.1, 0.15) is 21.5 Å². The minimum Gasteiger partial charge on any atom is -0.368 e. The molecule has 0 radical (unpaired) electrons. The maximum atomic E-state index is 12.9. The minimum atomic E-state index is -4.37. The topological polar surface area (TPSA) is 54.3 Å². The molecule has 1 aliphatic heterocycles. The zero-order valence-electron chi connectivity index (χ0n) is 16.1. The fourth-order valence-corrected chi connectivity index (χ4v) is 3.48. The number of anilines is 1. The Labute approximate surface area is 171 Å². The molecule has 4 rings (SSSR count). The number of carbonyl (C=O) groups is 1. The zero-order valence-corrected chi connectivity index (χ0v) is 16.1. The Morgan fingerprint density at radius 3 is 2.37 bits per heavy atom. The SMILES string of the molecule is O=C(c1ccc(Cn2cncn2)cc1)N1CCN(c2cccc(C(F)(F)F)c2)CC1. The van der Waals surface area contributed by atoms with Gasteiger partial charge in [0, 0.05) is 37.4 Å². The molecule has 1 saturated heterocycles. The lowest BCUT2D eigenvalue weighted by molar-refractivity contribution is -0.137. The third kappa shape index (κ3) is 4.45. The number of benzene rings is 2. The summed E-state index contributed by atoms with van der Waals surface area (Å²) in [5, 5.41) is 4.06. The van der Waals surface area contributed by atoms with Crippen LogP contribution in [0, 0.1) is 0 Å². The van der Waals surface area contributed by atoms with Crippen molar-refractivity contribution >= 4 is 11.6 Å². The Kier molecular flexibility index (Phi) is 5.43. The monoisotopic (exact) mass is 415 g/mol. The van der Waals surface area contributed by atoms with Gasteiger partial charge in [-0.15, -0.1) is 0 Å². The lowest BCUT2D eigenvalue weighted by atomic mass is 10.1. The van der Waals surface area contributed by atoms with Crippen LogP contribution in [-0.2, 0) is 12.7 Å². The maximum absolute atomic E-state index is 12.9. The van der Waals surface area contributed by atoms with Crippen molar-refractivity contribution in [1.82, 2.24) is 19.7 Å². The zero-order chi connectivity index (χ0) is 21.1. The summed E-state index contributed by atoms with van der Waals surface area (Å²) in [7, 11) is 0. The van der Waals surface area contributed by atoms with E-state index in [-0.39, 0.29) is 5.91 Å². The van der Waals surface area contributed by atoms with Crippen molar-refractivity contribution < 1.29 is 18.0 Å². The minimum absolute atomic E-state index is 0.0778. The Bertz CT molecular complexity index is 994. The molecule has 2 heterocycles. The summed E-state index contributed by atoms with van der Waals surface area (Å²) in [6.07, 6.45) is -1.27. The number of halogens is 3. The van der Waals surface area contributed by atoms with Crippen molar-refractivity contribution in [3.63, 3.8) is 0 Å². The van der Waals surface area contributed by atoms with Crippen LogP contribution in [0.15, 0.2) is 61.2 Å². The highest BCUT2D eigenvalue weighted by molar-refractivity contribution is 5.94. The molecule has 156 valence electrons. The van der Waals surface area contributed by atoms with Gasteiger partial charge in [-0.05, 0) is 35.9 Å². The van der Waals surface area contributed by atoms with Crippen LogP contribution >= 0.6 is 0 Å². The molecule has 1 amide bonds. The molecular weight excluding hydrogens is 395 g/mol. The number of hydrogen-bond donors (Lipinski definition) is 0. The van der Waals surface area contributed by atoms with E-state index in [0.29, 0.717) is 44.0 Å². The van der Waals surface area contributed by atoms with Gasteiger partial charge in [-0.1, -0.05) is 18.2 Å². The molecule has 30 heavy (non-hydrogen) atoms. The van der Waals surface area contributed by atoms with Crippen molar-refractivity contribution in [3.8, 4) is 0 Å². The molecular formula is C21H20F3N5O. The molecule has 1 aliphatic rings. The van der Waals surface area contributed by atoms with Crippen molar-refractivity contribution in [3.05, 3.63) is 77.9 Å². The fraction of sp³-hybridized carbons (Fsp3) is 0.286. The van der Waals surface area contributed by atoms with Gasteiger partial charge in [-0.2, -0.15) is 18.3 Å². The molecule has 0 N–H and O–H groups in total. The summed E-state index contributed by atoms with van der Waals surface area (Å²) in [6, 6.07) is 12.6. The first kappa shape index (κ1) is 19.9. The average molecular weight is 415 g/mol. The smallest absolute Gasteiger partial charge is 0.368 e. The summed E-state index contributed by atoms with van der Waals surface area (Å²) in [5.41, 5.74) is 1.45. The summed E-state index contributed by atoms with van der Waals surface area (Å²) in [5.74, 6) is -0.0778. The molecule has 0 spiro atoms. The van der Waals surface area contributed by atoms with E-state index in [4.69, 9.17) is 0 Å². The molecule has 2 aromatic carbocycles. The van der Waals surface area contributed by atoms with E-state index in [9.17, 15) is 18.0 Å². The van der Waals surface area contributed by atoms with Crippen molar-refractivity contribution in [2.24, 2.45) is 0 Å². The van der Waals surface area contributed by atoms with Crippen molar-refractivity contribution in [2.45, 2.75) is 12.7 Å². The van der Waals surface area contributed by atoms with Gasteiger partial charge in [0.15, 0.2) is 0 Å². The molecule has 1 aromatic heterocycles. The standard InChI is InChI=1S/C21H20F3N5O/c22-21(23,24)18-2-1-3-19(12-18)27-8-10-28(11-9-27)20(30)17-6-4-16(5-7-17)13-29-15-25-14-26-29/h1-7,12,14-15H,8-11,13H2. The number of hydrogen-bond acceptors (Lipinski definition) is 4. The average Bonchev–Trinajstić information content (AvgIpc) is 3.26. The number of carbonyl (C=O) groups excluding carboxylic acids is 1. The quantitative estimate of drug-likeness (QED) is 0.656. The third-order valence-corrected chi connectivity index (χ3v) is 5.12. The lowest BCUT2D eigenvalue weighted by Gasteiger charge is -2.36. The van der Waals surface area contributed by atoms with Gasteiger partial charge >= 0.3 is 6.18 Å². The van der Waals surface area contributed by atoms with E-state index >= 15 is 0 Å². The highest BCUT2D eigenvalue weighted by Crippen LogP contribution is 2.32. The Balaban J connectivity index is 1.36. The molecule has 3 aromatic rings. The van der Waals surface area contributed by atoms with Crippen LogP contribution in [0.5, 0.6) is 0 Å². The number of alkyl halides is 3. The van der Waals surface area contributed by atoms with E-state index in [1.807, 2.05) is 17.0 Å². The third-order valence-electron chi connectivity index (χ3n) is 5.12. The summed E-state index contributed by atoms with van der Waals surface area (Å²) < 4.78 is 40.5. The van der Waals surface area contributed by atoms with Crippen LogP contribution in [0.4, 0.5) is 18.9 Å². The Hall–Kier alpha value is -3.36. The van der Waals surface area contributed by atoms with Gasteiger partial charge in [0.25, 0.3) is 5.91 Å². The molecule has 6 nitrogen and oxygen atoms in total. The van der Waals surface area contributed by atoms with Gasteiger partial charge in [-0.25, -0.2) is 9.67 Å². The Morgan fingerprint density at radius 1 is 1.00 bits per heavy atom. The highest BCUT2D eigenvalue weighted by atomic mass is 19.4. The number of nitrogens with zero attached hydrogens (tertiary/aromatic N) is 5. The van der Waals surface area contributed by atoms with Gasteiger partial charge in [0.1, 0.15) is 12.7 Å². The molecule has 0 bridgehead atoms. The number of rotatable bonds is 4. The van der Waals surface area contributed by atoms with Crippen LogP contribution in [0.25, 0.3) is 0 Å². The van der Waals surface area contributed by atoms with Crippen molar-refractivity contribution in [2.75, 3.05) is 31.1 Å². The summed E-state index contributed by atoms with van der Waals surface area (Å²) >= 11 is 0. The molecule has 0 aliphatic carbocycles. The van der Waals surface area contributed by atoms with E-state index in [1.54, 1.807) is 34.1 Å². The number of amides is 1. The molecule has 0 atom stereocenters. The second kappa shape index (κ2) is 8.17. The van der Waals surface area contributed by atoms with E-state index in [2.05, 4.69) is 10.1 Å². The first-order valence-corrected chi connectivity index (χ1v) is 9.53. The Morgan fingerprint density at radius 2 is 1.73 bits per heavy atom. The van der Waals surface area contributed by atoms with Gasteiger partial charge in [0.05, 0.1) is 12.1 Å². The van der Waals surface area contributed by atoms with Crippen LogP contribution in [0.3, 0.4) is 0 Å². The maximum Gasteiger partial charge on any atom is 0.416 e. The van der Waals surface area contributed by atoms with Crippen molar-refractivity contribution in [1.29, 1.82) is 0 Å². The largest absolute Gasteiger partial charge is 0.416 e. The molecule has 9 heteroatoms. The second-order valence-corrected chi connectivity index (χ2v) is 7.12. The van der Waals surface area contributed by atoms with Gasteiger partial charge in [0.2, 0.25) is 0 Å².